The van der Waals surface area contributed by atoms with E-state index in [1.807, 2.05) is 0 Å². The maximum atomic E-state index is 6.38. The molecule has 3 aliphatic rings. The molecule has 1 unspecified atom stereocenters. The Hall–Kier alpha value is -0.0800. The number of rotatable bonds is 4. The van der Waals surface area contributed by atoms with Gasteiger partial charge in [0.25, 0.3) is 0 Å². The van der Waals surface area contributed by atoms with Gasteiger partial charge in [0.1, 0.15) is 0 Å². The van der Waals surface area contributed by atoms with Crippen molar-refractivity contribution in [3.05, 3.63) is 0 Å². The predicted octanol–water partition coefficient (Wildman–Crippen LogP) is 4.04. The molecular weight excluding hydrogens is 234 g/mol. The van der Waals surface area contributed by atoms with Crippen LogP contribution in [0.1, 0.15) is 77.6 Å². The maximum Gasteiger partial charge on any atom is 0.0708 e. The summed E-state index contributed by atoms with van der Waals surface area (Å²) >= 11 is 0. The second-order valence-electron chi connectivity index (χ2n) is 7.20. The molecule has 2 heteroatoms. The van der Waals surface area contributed by atoms with E-state index in [1.165, 1.54) is 70.6 Å². The molecular formula is C17H31NO. The van der Waals surface area contributed by atoms with Gasteiger partial charge >= 0.3 is 0 Å². The smallest absolute Gasteiger partial charge is 0.0708 e. The molecule has 0 amide bonds. The van der Waals surface area contributed by atoms with E-state index >= 15 is 0 Å². The van der Waals surface area contributed by atoms with Crippen LogP contribution in [0.3, 0.4) is 0 Å². The lowest BCUT2D eigenvalue weighted by Crippen LogP contribution is -2.39. The Morgan fingerprint density at radius 1 is 1.00 bits per heavy atom. The summed E-state index contributed by atoms with van der Waals surface area (Å²) in [6.07, 6.45) is 15.6. The van der Waals surface area contributed by atoms with Gasteiger partial charge in [-0.2, -0.15) is 0 Å². The molecule has 1 atom stereocenters. The van der Waals surface area contributed by atoms with Crippen LogP contribution in [0.5, 0.6) is 0 Å². The van der Waals surface area contributed by atoms with Crippen LogP contribution in [0.2, 0.25) is 0 Å². The molecule has 0 aromatic rings. The first kappa shape index (κ1) is 13.9. The molecule has 1 N–H and O–H groups in total. The summed E-state index contributed by atoms with van der Waals surface area (Å²) in [5, 5.41) is 3.79. The topological polar surface area (TPSA) is 21.3 Å². The summed E-state index contributed by atoms with van der Waals surface area (Å²) < 4.78 is 6.38. The van der Waals surface area contributed by atoms with Crippen LogP contribution in [-0.2, 0) is 4.74 Å². The third kappa shape index (κ3) is 3.33. The molecule has 19 heavy (non-hydrogen) atoms. The lowest BCUT2D eigenvalue weighted by Gasteiger charge is -2.30. The zero-order chi connectivity index (χ0) is 13.1. The molecule has 3 fully saturated rings. The number of ether oxygens (including phenoxy) is 1. The summed E-state index contributed by atoms with van der Waals surface area (Å²) in [7, 11) is 0. The first-order valence-electron chi connectivity index (χ1n) is 8.71. The van der Waals surface area contributed by atoms with E-state index in [9.17, 15) is 0 Å². The minimum Gasteiger partial charge on any atom is -0.370 e. The zero-order valence-corrected chi connectivity index (χ0v) is 12.6. The standard InChI is InChI=1S/C17H31NO/c1-2-14-5-7-15(8-6-14)18-13-16-9-12-17(19-16)10-3-4-11-17/h14-16,18H,2-13H2,1H3. The highest BCUT2D eigenvalue weighted by molar-refractivity contribution is 4.93. The predicted molar refractivity (Wildman–Crippen MR) is 79.3 cm³/mol. The normalized spacial score (nSPS) is 38.1. The molecule has 3 rings (SSSR count). The van der Waals surface area contributed by atoms with E-state index in [0.717, 1.165) is 18.5 Å². The molecule has 1 saturated heterocycles. The van der Waals surface area contributed by atoms with Crippen molar-refractivity contribution >= 4 is 0 Å². The van der Waals surface area contributed by atoms with Crippen LogP contribution in [0.4, 0.5) is 0 Å². The Labute approximate surface area is 118 Å². The van der Waals surface area contributed by atoms with Crippen LogP contribution < -0.4 is 5.32 Å². The minimum absolute atomic E-state index is 0.312. The monoisotopic (exact) mass is 265 g/mol. The van der Waals surface area contributed by atoms with Gasteiger partial charge < -0.3 is 10.1 Å². The van der Waals surface area contributed by atoms with Gasteiger partial charge in [0, 0.05) is 12.6 Å². The van der Waals surface area contributed by atoms with Crippen LogP contribution in [-0.4, -0.2) is 24.3 Å². The zero-order valence-electron chi connectivity index (χ0n) is 12.6. The maximum absolute atomic E-state index is 6.38. The van der Waals surface area contributed by atoms with Crippen molar-refractivity contribution < 1.29 is 4.74 Å². The molecule has 0 bridgehead atoms. The average molecular weight is 265 g/mol. The Bertz CT molecular complexity index is 277. The summed E-state index contributed by atoms with van der Waals surface area (Å²) in [5.41, 5.74) is 0.312. The highest BCUT2D eigenvalue weighted by Crippen LogP contribution is 2.43. The average Bonchev–Trinajstić information content (AvgIpc) is 3.08. The molecule has 1 heterocycles. The van der Waals surface area contributed by atoms with Crippen LogP contribution in [0.15, 0.2) is 0 Å². The summed E-state index contributed by atoms with van der Waals surface area (Å²) in [6, 6.07) is 0.770. The van der Waals surface area contributed by atoms with Crippen molar-refractivity contribution in [2.45, 2.75) is 95.3 Å². The van der Waals surface area contributed by atoms with Crippen molar-refractivity contribution in [3.63, 3.8) is 0 Å². The Morgan fingerprint density at radius 2 is 1.74 bits per heavy atom. The highest BCUT2D eigenvalue weighted by atomic mass is 16.5. The molecule has 1 aliphatic heterocycles. The Kier molecular flexibility index (Phi) is 4.48. The number of nitrogens with one attached hydrogen (secondary N) is 1. The molecule has 0 aromatic heterocycles. The van der Waals surface area contributed by atoms with E-state index in [4.69, 9.17) is 4.74 Å². The fourth-order valence-electron chi connectivity index (χ4n) is 4.50. The van der Waals surface area contributed by atoms with Crippen molar-refractivity contribution in [1.29, 1.82) is 0 Å². The molecule has 2 aliphatic carbocycles. The quantitative estimate of drug-likeness (QED) is 0.828. The molecule has 110 valence electrons. The summed E-state index contributed by atoms with van der Waals surface area (Å²) in [6.45, 7) is 3.44. The summed E-state index contributed by atoms with van der Waals surface area (Å²) in [4.78, 5) is 0. The van der Waals surface area contributed by atoms with Gasteiger partial charge in [-0.25, -0.2) is 0 Å². The van der Waals surface area contributed by atoms with E-state index < -0.39 is 0 Å². The Morgan fingerprint density at radius 3 is 2.42 bits per heavy atom. The summed E-state index contributed by atoms with van der Waals surface area (Å²) in [5.74, 6) is 1.00. The first-order valence-corrected chi connectivity index (χ1v) is 8.71. The van der Waals surface area contributed by atoms with E-state index in [1.54, 1.807) is 0 Å². The molecule has 2 saturated carbocycles. The highest BCUT2D eigenvalue weighted by Gasteiger charge is 2.42. The van der Waals surface area contributed by atoms with Crippen molar-refractivity contribution in [1.82, 2.24) is 5.32 Å². The SMILES string of the molecule is CCC1CCC(NCC2CCC3(CCCC3)O2)CC1. The number of hydrogen-bond donors (Lipinski definition) is 1. The second kappa shape index (κ2) is 6.13. The molecule has 2 nitrogen and oxygen atoms in total. The lowest BCUT2D eigenvalue weighted by atomic mass is 9.84. The van der Waals surface area contributed by atoms with Crippen molar-refractivity contribution in [3.8, 4) is 0 Å². The van der Waals surface area contributed by atoms with Crippen molar-refractivity contribution in [2.24, 2.45) is 5.92 Å². The van der Waals surface area contributed by atoms with Gasteiger partial charge in [-0.3, -0.25) is 0 Å². The van der Waals surface area contributed by atoms with Gasteiger partial charge in [-0.15, -0.1) is 0 Å². The van der Waals surface area contributed by atoms with E-state index in [0.29, 0.717) is 11.7 Å². The van der Waals surface area contributed by atoms with Gasteiger partial charge in [-0.1, -0.05) is 26.2 Å². The fourth-order valence-corrected chi connectivity index (χ4v) is 4.50. The fraction of sp³-hybridized carbons (Fsp3) is 1.00. The van der Waals surface area contributed by atoms with Gasteiger partial charge in [-0.05, 0) is 57.3 Å². The largest absolute Gasteiger partial charge is 0.370 e. The van der Waals surface area contributed by atoms with Crippen LogP contribution in [0.25, 0.3) is 0 Å². The van der Waals surface area contributed by atoms with E-state index in [-0.39, 0.29) is 0 Å². The van der Waals surface area contributed by atoms with Crippen LogP contribution in [0, 0.1) is 5.92 Å². The van der Waals surface area contributed by atoms with E-state index in [2.05, 4.69) is 12.2 Å². The third-order valence-electron chi connectivity index (χ3n) is 5.91. The number of hydrogen-bond acceptors (Lipinski definition) is 2. The minimum atomic E-state index is 0.312. The van der Waals surface area contributed by atoms with Crippen molar-refractivity contribution in [2.75, 3.05) is 6.54 Å². The van der Waals surface area contributed by atoms with Gasteiger partial charge in [0.15, 0.2) is 0 Å². The molecule has 0 aromatic carbocycles. The first-order chi connectivity index (χ1) is 9.30. The molecule has 1 spiro atoms. The lowest BCUT2D eigenvalue weighted by molar-refractivity contribution is -0.0363. The Balaban J connectivity index is 1.37. The molecule has 0 radical (unpaired) electrons. The second-order valence-corrected chi connectivity index (χ2v) is 7.20. The van der Waals surface area contributed by atoms with Gasteiger partial charge in [0.2, 0.25) is 0 Å². The van der Waals surface area contributed by atoms with Gasteiger partial charge in [0.05, 0.1) is 11.7 Å². The third-order valence-corrected chi connectivity index (χ3v) is 5.91. The van der Waals surface area contributed by atoms with Crippen LogP contribution >= 0.6 is 0 Å².